The van der Waals surface area contributed by atoms with E-state index in [0.29, 0.717) is 5.89 Å². The Morgan fingerprint density at radius 3 is 2.81 bits per heavy atom. The van der Waals surface area contributed by atoms with Crippen molar-refractivity contribution in [3.05, 3.63) is 11.7 Å². The molecule has 0 aliphatic rings. The second-order valence-corrected chi connectivity index (χ2v) is 4.35. The van der Waals surface area contributed by atoms with Gasteiger partial charge in [-0.25, -0.2) is 0 Å². The van der Waals surface area contributed by atoms with E-state index in [1.807, 2.05) is 14.1 Å². The molecule has 92 valence electrons. The molecule has 0 aromatic carbocycles. The van der Waals surface area contributed by atoms with Gasteiger partial charge >= 0.3 is 0 Å². The van der Waals surface area contributed by atoms with Crippen LogP contribution in [0.4, 0.5) is 0 Å². The highest BCUT2D eigenvalue weighted by molar-refractivity contribution is 4.92. The summed E-state index contributed by atoms with van der Waals surface area (Å²) in [6.07, 6.45) is 3.94. The molecule has 0 aliphatic carbocycles. The molecule has 1 heterocycles. The molecule has 0 unspecified atom stereocenters. The third kappa shape index (κ3) is 4.28. The molecule has 16 heavy (non-hydrogen) atoms. The molecule has 1 rings (SSSR count). The van der Waals surface area contributed by atoms with Gasteiger partial charge in [0.1, 0.15) is 0 Å². The van der Waals surface area contributed by atoms with Gasteiger partial charge in [0.25, 0.3) is 0 Å². The number of aromatic nitrogens is 2. The van der Waals surface area contributed by atoms with Crippen molar-refractivity contribution >= 4 is 0 Å². The van der Waals surface area contributed by atoms with Crippen LogP contribution in [-0.4, -0.2) is 35.7 Å². The maximum atomic E-state index is 5.94. The lowest BCUT2D eigenvalue weighted by Gasteiger charge is -2.06. The van der Waals surface area contributed by atoms with Gasteiger partial charge in [0, 0.05) is 13.0 Å². The van der Waals surface area contributed by atoms with Crippen molar-refractivity contribution in [3.63, 3.8) is 0 Å². The van der Waals surface area contributed by atoms with E-state index in [4.69, 9.17) is 10.3 Å². The van der Waals surface area contributed by atoms with E-state index in [2.05, 4.69) is 22.0 Å². The lowest BCUT2D eigenvalue weighted by molar-refractivity contribution is 0.340. The summed E-state index contributed by atoms with van der Waals surface area (Å²) in [7, 11) is 4.04. The number of nitrogens with two attached hydrogens (primary N) is 1. The topological polar surface area (TPSA) is 68.2 Å². The van der Waals surface area contributed by atoms with E-state index in [-0.39, 0.29) is 6.04 Å². The van der Waals surface area contributed by atoms with Crippen LogP contribution in [0, 0.1) is 0 Å². The zero-order valence-electron chi connectivity index (χ0n) is 10.4. The predicted octanol–water partition coefficient (Wildman–Crippen LogP) is 1.36. The fourth-order valence-electron chi connectivity index (χ4n) is 1.39. The Hall–Kier alpha value is -0.940. The molecule has 0 aliphatic heterocycles. The van der Waals surface area contributed by atoms with Crippen molar-refractivity contribution in [2.24, 2.45) is 5.73 Å². The Kier molecular flexibility index (Phi) is 5.42. The number of likely N-dealkylation sites (N-methyl/N-ethyl adjacent to an activating group) is 1. The second kappa shape index (κ2) is 6.60. The molecule has 0 saturated carbocycles. The van der Waals surface area contributed by atoms with Crippen LogP contribution < -0.4 is 5.73 Å². The van der Waals surface area contributed by atoms with E-state index in [9.17, 15) is 0 Å². The number of rotatable bonds is 7. The minimum Gasteiger partial charge on any atom is -0.338 e. The molecule has 5 heteroatoms. The summed E-state index contributed by atoms with van der Waals surface area (Å²) in [6, 6.07) is -0.111. The van der Waals surface area contributed by atoms with Crippen LogP contribution in [0.1, 0.15) is 43.9 Å². The maximum absolute atomic E-state index is 5.94. The molecule has 0 radical (unpaired) electrons. The van der Waals surface area contributed by atoms with Crippen LogP contribution in [0.15, 0.2) is 4.52 Å². The van der Waals surface area contributed by atoms with Gasteiger partial charge in [-0.15, -0.1) is 0 Å². The minimum absolute atomic E-state index is 0.111. The van der Waals surface area contributed by atoms with E-state index < -0.39 is 0 Å². The van der Waals surface area contributed by atoms with Gasteiger partial charge < -0.3 is 15.2 Å². The van der Waals surface area contributed by atoms with Crippen LogP contribution in [0.2, 0.25) is 0 Å². The van der Waals surface area contributed by atoms with Gasteiger partial charge in [-0.3, -0.25) is 0 Å². The molecule has 0 spiro atoms. The Morgan fingerprint density at radius 1 is 1.44 bits per heavy atom. The fourth-order valence-corrected chi connectivity index (χ4v) is 1.39. The number of hydrogen-bond donors (Lipinski definition) is 1. The zero-order chi connectivity index (χ0) is 12.0. The summed E-state index contributed by atoms with van der Waals surface area (Å²) in [5, 5.41) is 3.92. The average Bonchev–Trinajstić information content (AvgIpc) is 2.71. The molecule has 0 fully saturated rings. The van der Waals surface area contributed by atoms with Crippen LogP contribution in [0.3, 0.4) is 0 Å². The van der Waals surface area contributed by atoms with Gasteiger partial charge in [0.2, 0.25) is 5.89 Å². The van der Waals surface area contributed by atoms with Gasteiger partial charge in [0.05, 0.1) is 6.04 Å². The van der Waals surface area contributed by atoms with Crippen molar-refractivity contribution in [2.75, 3.05) is 20.6 Å². The van der Waals surface area contributed by atoms with Crippen molar-refractivity contribution in [1.82, 2.24) is 15.0 Å². The quantitative estimate of drug-likeness (QED) is 0.760. The first kappa shape index (κ1) is 13.1. The highest BCUT2D eigenvalue weighted by atomic mass is 16.5. The van der Waals surface area contributed by atoms with Crippen molar-refractivity contribution < 1.29 is 4.52 Å². The summed E-state index contributed by atoms with van der Waals surface area (Å²) in [4.78, 5) is 6.40. The number of unbranched alkanes of at least 4 members (excludes halogenated alkanes) is 1. The SMILES string of the molecule is CCCC[C@H](N)c1nc(CCN(C)C)no1. The Labute approximate surface area is 97.0 Å². The fraction of sp³-hybridized carbons (Fsp3) is 0.818. The predicted molar refractivity (Wildman–Crippen MR) is 63.0 cm³/mol. The summed E-state index contributed by atoms with van der Waals surface area (Å²) in [5.74, 6) is 1.32. The van der Waals surface area contributed by atoms with Crippen molar-refractivity contribution in [2.45, 2.75) is 38.6 Å². The third-order valence-electron chi connectivity index (χ3n) is 2.45. The maximum Gasteiger partial charge on any atom is 0.243 e. The monoisotopic (exact) mass is 226 g/mol. The lowest BCUT2D eigenvalue weighted by atomic mass is 10.1. The van der Waals surface area contributed by atoms with E-state index in [1.165, 1.54) is 0 Å². The second-order valence-electron chi connectivity index (χ2n) is 4.35. The Morgan fingerprint density at radius 2 is 2.19 bits per heavy atom. The minimum atomic E-state index is -0.111. The average molecular weight is 226 g/mol. The summed E-state index contributed by atoms with van der Waals surface area (Å²) in [6.45, 7) is 3.06. The molecule has 2 N–H and O–H groups in total. The molecule has 5 nitrogen and oxygen atoms in total. The van der Waals surface area contributed by atoms with Crippen molar-refractivity contribution in [1.29, 1.82) is 0 Å². The van der Waals surface area contributed by atoms with Crippen LogP contribution in [0.5, 0.6) is 0 Å². The number of hydrogen-bond acceptors (Lipinski definition) is 5. The summed E-state index contributed by atoms with van der Waals surface area (Å²) in [5.41, 5.74) is 5.94. The van der Waals surface area contributed by atoms with E-state index in [1.54, 1.807) is 0 Å². The molecular weight excluding hydrogens is 204 g/mol. The van der Waals surface area contributed by atoms with Gasteiger partial charge in [-0.1, -0.05) is 24.9 Å². The molecule has 1 atom stereocenters. The first-order valence-corrected chi connectivity index (χ1v) is 5.86. The third-order valence-corrected chi connectivity index (χ3v) is 2.45. The van der Waals surface area contributed by atoms with Crippen LogP contribution in [-0.2, 0) is 6.42 Å². The van der Waals surface area contributed by atoms with Gasteiger partial charge in [-0.05, 0) is 20.5 Å². The zero-order valence-corrected chi connectivity index (χ0v) is 10.4. The lowest BCUT2D eigenvalue weighted by Crippen LogP contribution is -2.16. The van der Waals surface area contributed by atoms with Gasteiger partial charge in [-0.2, -0.15) is 4.98 Å². The largest absolute Gasteiger partial charge is 0.338 e. The Bertz CT molecular complexity index is 298. The summed E-state index contributed by atoms with van der Waals surface area (Å²) < 4.78 is 5.15. The first-order chi connectivity index (χ1) is 7.63. The molecule has 0 amide bonds. The highest BCUT2D eigenvalue weighted by Gasteiger charge is 2.13. The first-order valence-electron chi connectivity index (χ1n) is 5.86. The van der Waals surface area contributed by atoms with Crippen LogP contribution >= 0.6 is 0 Å². The molecule has 1 aromatic heterocycles. The normalized spacial score (nSPS) is 13.3. The van der Waals surface area contributed by atoms with Crippen LogP contribution in [0.25, 0.3) is 0 Å². The summed E-state index contributed by atoms with van der Waals surface area (Å²) >= 11 is 0. The van der Waals surface area contributed by atoms with Gasteiger partial charge in [0.15, 0.2) is 5.82 Å². The Balaban J connectivity index is 2.43. The highest BCUT2D eigenvalue weighted by Crippen LogP contribution is 2.14. The van der Waals surface area contributed by atoms with E-state index >= 15 is 0 Å². The molecule has 0 bridgehead atoms. The number of nitrogens with zero attached hydrogens (tertiary/aromatic N) is 3. The molecular formula is C11H22N4O. The molecule has 1 aromatic rings. The van der Waals surface area contributed by atoms with Crippen molar-refractivity contribution in [3.8, 4) is 0 Å². The van der Waals surface area contributed by atoms with E-state index in [0.717, 1.165) is 38.1 Å². The smallest absolute Gasteiger partial charge is 0.243 e. The standard InChI is InChI=1S/C11H22N4O/c1-4-5-6-9(12)11-13-10(14-16-11)7-8-15(2)3/h9H,4-8,12H2,1-3H3/t9-/m0/s1. The molecule has 0 saturated heterocycles.